The second-order valence-electron chi connectivity index (χ2n) is 7.32. The maximum absolute atomic E-state index is 12.8. The van der Waals surface area contributed by atoms with E-state index in [-0.39, 0.29) is 4.90 Å². The van der Waals surface area contributed by atoms with Crippen LogP contribution in [0.4, 0.5) is 0 Å². The molecule has 8 nitrogen and oxygen atoms in total. The number of fused-ring (bicyclic) bond motifs is 1. The summed E-state index contributed by atoms with van der Waals surface area (Å²) in [7, 11) is -1.92. The molecule has 1 fully saturated rings. The summed E-state index contributed by atoms with van der Waals surface area (Å²) < 4.78 is 44.4. The molecule has 0 saturated carbocycles. The molecule has 33 heavy (non-hydrogen) atoms. The Bertz CT molecular complexity index is 1360. The average Bonchev–Trinajstić information content (AvgIpc) is 3.30. The van der Waals surface area contributed by atoms with Crippen molar-refractivity contribution in [1.29, 1.82) is 0 Å². The summed E-state index contributed by atoms with van der Waals surface area (Å²) in [5.41, 5.74) is 1.82. The van der Waals surface area contributed by atoms with Gasteiger partial charge in [0.1, 0.15) is 22.5 Å². The summed E-state index contributed by atoms with van der Waals surface area (Å²) in [6, 6.07) is 16.2. The number of morpholine rings is 1. The van der Waals surface area contributed by atoms with Crippen LogP contribution in [0.2, 0.25) is 0 Å². The van der Waals surface area contributed by atoms with Crippen molar-refractivity contribution >= 4 is 31.6 Å². The minimum absolute atomic E-state index is 0.225. The fourth-order valence-corrected chi connectivity index (χ4v) is 5.98. The summed E-state index contributed by atoms with van der Waals surface area (Å²) >= 11 is 1.53. The van der Waals surface area contributed by atoms with Gasteiger partial charge >= 0.3 is 0 Å². The van der Waals surface area contributed by atoms with Crippen LogP contribution in [0.3, 0.4) is 0 Å². The zero-order valence-corrected chi connectivity index (χ0v) is 19.4. The zero-order chi connectivity index (χ0) is 22.8. The summed E-state index contributed by atoms with van der Waals surface area (Å²) in [6.07, 6.45) is 1.46. The topological polar surface area (TPSA) is 90.9 Å². The van der Waals surface area contributed by atoms with Crippen molar-refractivity contribution in [2.75, 3.05) is 33.4 Å². The lowest BCUT2D eigenvalue weighted by molar-refractivity contribution is 0.0730. The molecule has 170 valence electrons. The first-order valence-electron chi connectivity index (χ1n) is 10.3. The number of benzene rings is 2. The second-order valence-corrected chi connectivity index (χ2v) is 10.3. The highest BCUT2D eigenvalue weighted by molar-refractivity contribution is 7.89. The standard InChI is InChI=1S/C23H21N3O5S2/c1-29-17-4-2-16(3-5-17)21-14-20-22(32-21)23(25-15-24-20)31-18-6-8-19(9-7-18)33(27,28)26-10-12-30-13-11-26/h2-9,14-15H,10-13H2,1H3. The molecule has 0 spiro atoms. The molecule has 0 N–H and O–H groups in total. The van der Waals surface area contributed by atoms with E-state index in [4.69, 9.17) is 14.2 Å². The Kier molecular flexibility index (Phi) is 5.98. The molecular weight excluding hydrogens is 462 g/mol. The summed E-state index contributed by atoms with van der Waals surface area (Å²) in [4.78, 5) is 9.92. The first-order valence-corrected chi connectivity index (χ1v) is 12.5. The molecule has 5 rings (SSSR count). The van der Waals surface area contributed by atoms with Gasteiger partial charge in [-0.15, -0.1) is 11.3 Å². The first-order chi connectivity index (χ1) is 16.0. The van der Waals surface area contributed by atoms with Gasteiger partial charge in [-0.2, -0.15) is 4.31 Å². The van der Waals surface area contributed by atoms with Gasteiger partial charge in [-0.05, 0) is 60.2 Å². The fourth-order valence-electron chi connectivity index (χ4n) is 3.53. The minimum Gasteiger partial charge on any atom is -0.497 e. The number of ether oxygens (including phenoxy) is 3. The fraction of sp³-hybridized carbons (Fsp3) is 0.217. The number of aromatic nitrogens is 2. The van der Waals surface area contributed by atoms with Crippen molar-refractivity contribution in [3.8, 4) is 27.8 Å². The van der Waals surface area contributed by atoms with E-state index in [0.717, 1.165) is 26.4 Å². The SMILES string of the molecule is COc1ccc(-c2cc3ncnc(Oc4ccc(S(=O)(=O)N5CCOCC5)cc4)c3s2)cc1. The average molecular weight is 484 g/mol. The van der Waals surface area contributed by atoms with E-state index in [0.29, 0.717) is 37.9 Å². The minimum atomic E-state index is -3.55. The molecule has 3 heterocycles. The van der Waals surface area contributed by atoms with Gasteiger partial charge in [-0.1, -0.05) is 0 Å². The number of sulfonamides is 1. The summed E-state index contributed by atoms with van der Waals surface area (Å²) in [5, 5.41) is 0. The Balaban J connectivity index is 1.39. The highest BCUT2D eigenvalue weighted by atomic mass is 32.2. The molecule has 0 radical (unpaired) electrons. The predicted octanol–water partition coefficient (Wildman–Crippen LogP) is 4.18. The van der Waals surface area contributed by atoms with E-state index in [2.05, 4.69) is 9.97 Å². The van der Waals surface area contributed by atoms with Crippen LogP contribution in [0, 0.1) is 0 Å². The van der Waals surface area contributed by atoms with Crippen LogP contribution in [0.1, 0.15) is 0 Å². The summed E-state index contributed by atoms with van der Waals surface area (Å²) in [5.74, 6) is 1.71. The molecule has 1 aliphatic rings. The van der Waals surface area contributed by atoms with Crippen molar-refractivity contribution in [3.63, 3.8) is 0 Å². The van der Waals surface area contributed by atoms with Gasteiger partial charge in [0.05, 0.1) is 30.7 Å². The van der Waals surface area contributed by atoms with Crippen LogP contribution in [0.25, 0.3) is 20.7 Å². The van der Waals surface area contributed by atoms with Crippen molar-refractivity contribution in [2.24, 2.45) is 0 Å². The Hall–Kier alpha value is -3.05. The molecule has 0 bridgehead atoms. The summed E-state index contributed by atoms with van der Waals surface area (Å²) in [6.45, 7) is 1.52. The Morgan fingerprint density at radius 1 is 0.970 bits per heavy atom. The van der Waals surface area contributed by atoms with Crippen molar-refractivity contribution in [2.45, 2.75) is 4.90 Å². The van der Waals surface area contributed by atoms with E-state index in [1.165, 1.54) is 22.0 Å². The molecule has 2 aromatic carbocycles. The molecular formula is C23H21N3O5S2. The highest BCUT2D eigenvalue weighted by Crippen LogP contribution is 2.38. The van der Waals surface area contributed by atoms with Crippen LogP contribution in [0.5, 0.6) is 17.4 Å². The highest BCUT2D eigenvalue weighted by Gasteiger charge is 2.26. The van der Waals surface area contributed by atoms with E-state index in [1.54, 1.807) is 31.4 Å². The van der Waals surface area contributed by atoms with Crippen LogP contribution >= 0.6 is 11.3 Å². The number of thiophene rings is 1. The maximum Gasteiger partial charge on any atom is 0.243 e. The lowest BCUT2D eigenvalue weighted by atomic mass is 10.2. The lowest BCUT2D eigenvalue weighted by Gasteiger charge is -2.26. The number of rotatable bonds is 6. The van der Waals surface area contributed by atoms with Crippen LogP contribution in [-0.2, 0) is 14.8 Å². The molecule has 0 amide bonds. The molecule has 1 aliphatic heterocycles. The largest absolute Gasteiger partial charge is 0.497 e. The van der Waals surface area contributed by atoms with E-state index >= 15 is 0 Å². The van der Waals surface area contributed by atoms with E-state index in [1.807, 2.05) is 30.3 Å². The molecule has 10 heteroatoms. The van der Waals surface area contributed by atoms with Crippen molar-refractivity contribution < 1.29 is 22.6 Å². The van der Waals surface area contributed by atoms with Gasteiger partial charge in [-0.25, -0.2) is 18.4 Å². The molecule has 2 aromatic heterocycles. The van der Waals surface area contributed by atoms with E-state index in [9.17, 15) is 8.42 Å². The van der Waals surface area contributed by atoms with Gasteiger partial charge in [0, 0.05) is 18.0 Å². The monoisotopic (exact) mass is 483 g/mol. The number of hydrogen-bond acceptors (Lipinski definition) is 8. The van der Waals surface area contributed by atoms with Gasteiger partial charge < -0.3 is 14.2 Å². The van der Waals surface area contributed by atoms with Crippen LogP contribution in [0.15, 0.2) is 65.8 Å². The third-order valence-corrected chi connectivity index (χ3v) is 8.37. The predicted molar refractivity (Wildman–Crippen MR) is 125 cm³/mol. The third-order valence-electron chi connectivity index (χ3n) is 5.30. The number of methoxy groups -OCH3 is 1. The van der Waals surface area contributed by atoms with Gasteiger partial charge in [0.25, 0.3) is 0 Å². The molecule has 1 saturated heterocycles. The first kappa shape index (κ1) is 21.8. The Morgan fingerprint density at radius 2 is 1.67 bits per heavy atom. The normalized spacial score (nSPS) is 14.9. The lowest BCUT2D eigenvalue weighted by Crippen LogP contribution is -2.40. The molecule has 0 atom stereocenters. The number of nitrogens with zero attached hydrogens (tertiary/aromatic N) is 3. The molecule has 0 unspecified atom stereocenters. The van der Waals surface area contributed by atoms with Crippen LogP contribution in [-0.4, -0.2) is 56.1 Å². The second kappa shape index (κ2) is 9.06. The maximum atomic E-state index is 12.8. The van der Waals surface area contributed by atoms with Gasteiger partial charge in [0.15, 0.2) is 0 Å². The van der Waals surface area contributed by atoms with Crippen molar-refractivity contribution in [3.05, 3.63) is 60.9 Å². The third kappa shape index (κ3) is 4.42. The molecule has 4 aromatic rings. The zero-order valence-electron chi connectivity index (χ0n) is 17.8. The molecule has 0 aliphatic carbocycles. The van der Waals surface area contributed by atoms with Crippen LogP contribution < -0.4 is 9.47 Å². The van der Waals surface area contributed by atoms with Gasteiger partial charge in [-0.3, -0.25) is 0 Å². The Labute approximate surface area is 195 Å². The smallest absolute Gasteiger partial charge is 0.243 e. The van der Waals surface area contributed by atoms with Crippen molar-refractivity contribution in [1.82, 2.24) is 14.3 Å². The quantitative estimate of drug-likeness (QED) is 0.406. The van der Waals surface area contributed by atoms with E-state index < -0.39 is 10.0 Å². The Morgan fingerprint density at radius 3 is 2.36 bits per heavy atom. The van der Waals surface area contributed by atoms with Gasteiger partial charge in [0.2, 0.25) is 15.9 Å². The number of hydrogen-bond donors (Lipinski definition) is 0.